The van der Waals surface area contributed by atoms with Crippen molar-refractivity contribution in [2.45, 2.75) is 47.4 Å². The number of rotatable bonds is 4. The number of hydrogen-bond donors (Lipinski definition) is 0. The Morgan fingerprint density at radius 1 is 1.17 bits per heavy atom. The standard InChI is InChI=1S/C18H22N2O4/c1-11(2)20-17(22)16(15-8-6-7-12(3)13(15)4)9-19(18(20)23)10-24-14(5)21/h6-9,11H,10H2,1-5H3. The highest BCUT2D eigenvalue weighted by Gasteiger charge is 2.17. The maximum Gasteiger partial charge on any atom is 0.333 e. The van der Waals surface area contributed by atoms with Crippen LogP contribution in [-0.2, 0) is 16.3 Å². The molecule has 0 bridgehead atoms. The Morgan fingerprint density at radius 3 is 2.42 bits per heavy atom. The Balaban J connectivity index is 2.76. The van der Waals surface area contributed by atoms with Crippen LogP contribution in [0.1, 0.15) is 37.9 Å². The molecule has 0 saturated heterocycles. The van der Waals surface area contributed by atoms with Crippen molar-refractivity contribution in [2.24, 2.45) is 0 Å². The lowest BCUT2D eigenvalue weighted by Crippen LogP contribution is -2.41. The van der Waals surface area contributed by atoms with Gasteiger partial charge < -0.3 is 4.74 Å². The predicted octanol–water partition coefficient (Wildman–Crippen LogP) is 2.40. The van der Waals surface area contributed by atoms with E-state index in [4.69, 9.17) is 4.74 Å². The van der Waals surface area contributed by atoms with Gasteiger partial charge in [0.25, 0.3) is 5.56 Å². The molecule has 0 radical (unpaired) electrons. The van der Waals surface area contributed by atoms with Crippen molar-refractivity contribution in [1.29, 1.82) is 0 Å². The van der Waals surface area contributed by atoms with Crippen molar-refractivity contribution >= 4 is 5.97 Å². The fourth-order valence-electron chi connectivity index (χ4n) is 2.56. The quantitative estimate of drug-likeness (QED) is 0.807. The van der Waals surface area contributed by atoms with Gasteiger partial charge in [-0.1, -0.05) is 18.2 Å². The molecule has 0 N–H and O–H groups in total. The van der Waals surface area contributed by atoms with Gasteiger partial charge in [-0.05, 0) is 44.4 Å². The molecule has 0 atom stereocenters. The average molecular weight is 330 g/mol. The van der Waals surface area contributed by atoms with Crippen molar-refractivity contribution in [1.82, 2.24) is 9.13 Å². The summed E-state index contributed by atoms with van der Waals surface area (Å²) in [6.45, 7) is 8.49. The lowest BCUT2D eigenvalue weighted by Gasteiger charge is -2.16. The summed E-state index contributed by atoms with van der Waals surface area (Å²) in [5.41, 5.74) is 2.37. The highest BCUT2D eigenvalue weighted by Crippen LogP contribution is 2.22. The van der Waals surface area contributed by atoms with Crippen LogP contribution in [0.3, 0.4) is 0 Å². The van der Waals surface area contributed by atoms with Crippen LogP contribution in [0.15, 0.2) is 34.0 Å². The SMILES string of the molecule is CC(=O)OCn1cc(-c2cccc(C)c2C)c(=O)n(C(C)C)c1=O. The van der Waals surface area contributed by atoms with E-state index in [0.717, 1.165) is 16.7 Å². The average Bonchev–Trinajstić information content (AvgIpc) is 2.49. The summed E-state index contributed by atoms with van der Waals surface area (Å²) in [5, 5.41) is 0. The predicted molar refractivity (Wildman–Crippen MR) is 92.0 cm³/mol. The highest BCUT2D eigenvalue weighted by molar-refractivity contribution is 5.67. The Hall–Kier alpha value is -2.63. The van der Waals surface area contributed by atoms with Crippen LogP contribution >= 0.6 is 0 Å². The molecule has 6 heteroatoms. The number of carbonyl (C=O) groups excluding carboxylic acids is 1. The summed E-state index contributed by atoms with van der Waals surface area (Å²) in [6.07, 6.45) is 1.47. The van der Waals surface area contributed by atoms with E-state index in [1.807, 2.05) is 32.0 Å². The molecule has 24 heavy (non-hydrogen) atoms. The first-order chi connectivity index (χ1) is 11.2. The number of aryl methyl sites for hydroxylation is 1. The molecule has 6 nitrogen and oxygen atoms in total. The van der Waals surface area contributed by atoms with Crippen LogP contribution in [0.4, 0.5) is 0 Å². The largest absolute Gasteiger partial charge is 0.444 e. The molecule has 0 spiro atoms. The van der Waals surface area contributed by atoms with E-state index >= 15 is 0 Å². The third kappa shape index (κ3) is 3.32. The monoisotopic (exact) mass is 330 g/mol. The van der Waals surface area contributed by atoms with E-state index in [0.29, 0.717) is 5.56 Å². The molecule has 0 aliphatic rings. The normalized spacial score (nSPS) is 10.9. The minimum Gasteiger partial charge on any atom is -0.444 e. The summed E-state index contributed by atoms with van der Waals surface area (Å²) in [5.74, 6) is -0.488. The van der Waals surface area contributed by atoms with Gasteiger partial charge in [-0.3, -0.25) is 18.7 Å². The van der Waals surface area contributed by atoms with Crippen LogP contribution in [0.5, 0.6) is 0 Å². The first-order valence-electron chi connectivity index (χ1n) is 7.80. The van der Waals surface area contributed by atoms with Gasteiger partial charge in [-0.2, -0.15) is 0 Å². The molecule has 0 aliphatic heterocycles. The number of hydrogen-bond acceptors (Lipinski definition) is 4. The smallest absolute Gasteiger partial charge is 0.333 e. The third-order valence-corrected chi connectivity index (χ3v) is 4.00. The number of esters is 1. The van der Waals surface area contributed by atoms with E-state index in [1.54, 1.807) is 13.8 Å². The van der Waals surface area contributed by atoms with Gasteiger partial charge in [0, 0.05) is 19.2 Å². The maximum absolute atomic E-state index is 12.8. The summed E-state index contributed by atoms with van der Waals surface area (Å²) >= 11 is 0. The summed E-state index contributed by atoms with van der Waals surface area (Å²) in [4.78, 5) is 36.4. The molecular weight excluding hydrogens is 308 g/mol. The maximum atomic E-state index is 12.8. The topological polar surface area (TPSA) is 70.3 Å². The molecule has 1 heterocycles. The van der Waals surface area contributed by atoms with Crippen molar-refractivity contribution in [2.75, 3.05) is 0 Å². The second kappa shape index (κ2) is 6.86. The van der Waals surface area contributed by atoms with Gasteiger partial charge in [-0.15, -0.1) is 0 Å². The molecular formula is C18H22N2O4. The van der Waals surface area contributed by atoms with Crippen LogP contribution < -0.4 is 11.2 Å². The molecule has 0 amide bonds. The van der Waals surface area contributed by atoms with E-state index in [9.17, 15) is 14.4 Å². The van der Waals surface area contributed by atoms with Crippen LogP contribution in [0, 0.1) is 13.8 Å². The van der Waals surface area contributed by atoms with Crippen LogP contribution in [0.2, 0.25) is 0 Å². The lowest BCUT2D eigenvalue weighted by atomic mass is 9.99. The van der Waals surface area contributed by atoms with E-state index in [2.05, 4.69) is 0 Å². The number of nitrogens with zero attached hydrogens (tertiary/aromatic N) is 2. The summed E-state index contributed by atoms with van der Waals surface area (Å²) in [6, 6.07) is 5.39. The Labute approximate surface area is 140 Å². The molecule has 0 saturated carbocycles. The van der Waals surface area contributed by atoms with Gasteiger partial charge in [0.1, 0.15) is 0 Å². The van der Waals surface area contributed by atoms with Gasteiger partial charge in [-0.25, -0.2) is 4.79 Å². The van der Waals surface area contributed by atoms with E-state index in [-0.39, 0.29) is 18.3 Å². The van der Waals surface area contributed by atoms with Crippen LogP contribution in [0.25, 0.3) is 11.1 Å². The van der Waals surface area contributed by atoms with Gasteiger partial charge in [0.15, 0.2) is 6.73 Å². The Morgan fingerprint density at radius 2 is 1.83 bits per heavy atom. The first kappa shape index (κ1) is 17.7. The zero-order chi connectivity index (χ0) is 18.0. The zero-order valence-electron chi connectivity index (χ0n) is 14.6. The van der Waals surface area contributed by atoms with Crippen molar-refractivity contribution in [3.8, 4) is 11.1 Å². The molecule has 0 fully saturated rings. The lowest BCUT2D eigenvalue weighted by molar-refractivity contribution is -0.144. The molecule has 2 aromatic rings. The number of aromatic nitrogens is 2. The van der Waals surface area contributed by atoms with E-state index < -0.39 is 11.7 Å². The van der Waals surface area contributed by atoms with Gasteiger partial charge >= 0.3 is 11.7 Å². The van der Waals surface area contributed by atoms with Crippen LogP contribution in [-0.4, -0.2) is 15.1 Å². The molecule has 1 aromatic carbocycles. The first-order valence-corrected chi connectivity index (χ1v) is 7.80. The van der Waals surface area contributed by atoms with Gasteiger partial charge in [0.2, 0.25) is 0 Å². The second-order valence-electron chi connectivity index (χ2n) is 6.08. The summed E-state index contributed by atoms with van der Waals surface area (Å²) < 4.78 is 7.37. The molecule has 1 aromatic heterocycles. The fourth-order valence-corrected chi connectivity index (χ4v) is 2.56. The zero-order valence-corrected chi connectivity index (χ0v) is 14.6. The number of ether oxygens (including phenoxy) is 1. The van der Waals surface area contributed by atoms with Crippen molar-refractivity contribution in [3.05, 3.63) is 56.4 Å². The highest BCUT2D eigenvalue weighted by atomic mass is 16.5. The molecule has 0 aliphatic carbocycles. The fraction of sp³-hybridized carbons (Fsp3) is 0.389. The Kier molecular flexibility index (Phi) is 5.07. The summed E-state index contributed by atoms with van der Waals surface area (Å²) in [7, 11) is 0. The molecule has 0 unspecified atom stereocenters. The molecule has 2 rings (SSSR count). The minimum atomic E-state index is -0.495. The second-order valence-corrected chi connectivity index (χ2v) is 6.08. The van der Waals surface area contributed by atoms with E-state index in [1.165, 1.54) is 22.3 Å². The minimum absolute atomic E-state index is 0.223. The third-order valence-electron chi connectivity index (χ3n) is 4.00. The molecule has 128 valence electrons. The number of carbonyl (C=O) groups is 1. The van der Waals surface area contributed by atoms with Crippen molar-refractivity contribution < 1.29 is 9.53 Å². The Bertz CT molecular complexity index is 891. The number of benzene rings is 1. The van der Waals surface area contributed by atoms with Gasteiger partial charge in [0.05, 0.1) is 5.56 Å². The van der Waals surface area contributed by atoms with Crippen molar-refractivity contribution in [3.63, 3.8) is 0 Å².